The van der Waals surface area contributed by atoms with Gasteiger partial charge in [0.2, 0.25) is 10.0 Å². The molecule has 128 valence electrons. The van der Waals surface area contributed by atoms with Gasteiger partial charge >= 0.3 is 5.97 Å². The van der Waals surface area contributed by atoms with Gasteiger partial charge in [0.15, 0.2) is 5.69 Å². The van der Waals surface area contributed by atoms with E-state index >= 15 is 0 Å². The molecule has 8 nitrogen and oxygen atoms in total. The van der Waals surface area contributed by atoms with Crippen molar-refractivity contribution in [3.63, 3.8) is 0 Å². The maximum Gasteiger partial charge on any atom is 0.358 e. The van der Waals surface area contributed by atoms with Crippen LogP contribution >= 0.6 is 0 Å². The van der Waals surface area contributed by atoms with E-state index in [2.05, 4.69) is 10.3 Å². The van der Waals surface area contributed by atoms with Crippen LogP contribution < -0.4 is 5.14 Å². The largest absolute Gasteiger partial charge is 0.476 e. The Labute approximate surface area is 141 Å². The maximum absolute atomic E-state index is 13.1. The summed E-state index contributed by atoms with van der Waals surface area (Å²) in [5.74, 6) is -1.77. The quantitative estimate of drug-likeness (QED) is 0.722. The third-order valence-corrected chi connectivity index (χ3v) is 4.33. The van der Waals surface area contributed by atoms with E-state index in [1.165, 1.54) is 53.2 Å². The minimum Gasteiger partial charge on any atom is -0.476 e. The Bertz CT molecular complexity index is 1040. The van der Waals surface area contributed by atoms with Gasteiger partial charge in [-0.15, -0.1) is 5.10 Å². The molecule has 0 saturated heterocycles. The van der Waals surface area contributed by atoms with Crippen LogP contribution in [0.15, 0.2) is 53.4 Å². The van der Waals surface area contributed by atoms with Crippen molar-refractivity contribution in [1.82, 2.24) is 15.0 Å². The highest BCUT2D eigenvalue weighted by Crippen LogP contribution is 2.26. The predicted octanol–water partition coefficient (Wildman–Crippen LogP) is 1.42. The molecule has 0 bridgehead atoms. The Morgan fingerprint density at radius 3 is 2.20 bits per heavy atom. The summed E-state index contributed by atoms with van der Waals surface area (Å²) >= 11 is 0. The number of primary sulfonamides is 1. The van der Waals surface area contributed by atoms with Crippen molar-refractivity contribution in [1.29, 1.82) is 0 Å². The summed E-state index contributed by atoms with van der Waals surface area (Å²) in [6, 6.07) is 10.5. The lowest BCUT2D eigenvalue weighted by atomic mass is 10.1. The Balaban J connectivity index is 2.17. The van der Waals surface area contributed by atoms with Crippen LogP contribution in [0.1, 0.15) is 10.5 Å². The second-order valence-corrected chi connectivity index (χ2v) is 6.61. The number of sulfonamides is 1. The fourth-order valence-corrected chi connectivity index (χ4v) is 2.77. The average Bonchev–Trinajstić information content (AvgIpc) is 3.00. The van der Waals surface area contributed by atoms with E-state index in [0.29, 0.717) is 11.3 Å². The first-order chi connectivity index (χ1) is 11.8. The molecule has 2 aromatic carbocycles. The van der Waals surface area contributed by atoms with Crippen LogP contribution in [0.5, 0.6) is 0 Å². The molecule has 0 aliphatic rings. The van der Waals surface area contributed by atoms with Crippen molar-refractivity contribution >= 4 is 16.0 Å². The fraction of sp³-hybridized carbons (Fsp3) is 0. The molecule has 3 N–H and O–H groups in total. The highest BCUT2D eigenvalue weighted by atomic mass is 32.2. The Morgan fingerprint density at radius 2 is 1.68 bits per heavy atom. The van der Waals surface area contributed by atoms with Gasteiger partial charge in [-0.25, -0.2) is 27.4 Å². The van der Waals surface area contributed by atoms with Crippen molar-refractivity contribution in [2.75, 3.05) is 0 Å². The molecule has 0 amide bonds. The SMILES string of the molecule is NS(=O)(=O)c1ccc(-n2nnc(C(=O)O)c2-c2ccc(F)cc2)cc1. The molecular formula is C15H11FN4O4S. The fourth-order valence-electron chi connectivity index (χ4n) is 2.25. The van der Waals surface area contributed by atoms with Crippen molar-refractivity contribution in [3.05, 3.63) is 60.0 Å². The zero-order valence-corrected chi connectivity index (χ0v) is 13.3. The van der Waals surface area contributed by atoms with Gasteiger partial charge in [-0.2, -0.15) is 0 Å². The van der Waals surface area contributed by atoms with Gasteiger partial charge in [0.05, 0.1) is 10.6 Å². The van der Waals surface area contributed by atoms with Crippen molar-refractivity contribution in [2.24, 2.45) is 5.14 Å². The van der Waals surface area contributed by atoms with Crippen LogP contribution in [0.4, 0.5) is 4.39 Å². The highest BCUT2D eigenvalue weighted by Gasteiger charge is 2.22. The van der Waals surface area contributed by atoms with Gasteiger partial charge in [0.25, 0.3) is 0 Å². The monoisotopic (exact) mass is 362 g/mol. The number of hydrogen-bond donors (Lipinski definition) is 2. The van der Waals surface area contributed by atoms with Gasteiger partial charge in [-0.1, -0.05) is 5.21 Å². The van der Waals surface area contributed by atoms with E-state index in [0.717, 1.165) is 0 Å². The number of halogens is 1. The van der Waals surface area contributed by atoms with E-state index in [4.69, 9.17) is 5.14 Å². The second kappa shape index (κ2) is 6.07. The van der Waals surface area contributed by atoms with E-state index in [-0.39, 0.29) is 16.3 Å². The number of carbonyl (C=O) groups is 1. The molecule has 0 unspecified atom stereocenters. The molecule has 0 spiro atoms. The van der Waals surface area contributed by atoms with Gasteiger partial charge in [0.1, 0.15) is 11.5 Å². The van der Waals surface area contributed by atoms with Crippen LogP contribution in [0.25, 0.3) is 16.9 Å². The molecule has 3 rings (SSSR count). The molecule has 0 fully saturated rings. The van der Waals surface area contributed by atoms with E-state index in [1.54, 1.807) is 0 Å². The number of benzene rings is 2. The van der Waals surface area contributed by atoms with Crippen LogP contribution in [-0.4, -0.2) is 34.5 Å². The number of aromatic carboxylic acids is 1. The summed E-state index contributed by atoms with van der Waals surface area (Å²) < 4.78 is 37.0. The highest BCUT2D eigenvalue weighted by molar-refractivity contribution is 7.89. The number of nitrogens with two attached hydrogens (primary N) is 1. The number of nitrogens with zero attached hydrogens (tertiary/aromatic N) is 3. The lowest BCUT2D eigenvalue weighted by molar-refractivity contribution is 0.0691. The topological polar surface area (TPSA) is 128 Å². The molecule has 0 radical (unpaired) electrons. The molecule has 0 atom stereocenters. The molecule has 1 aromatic heterocycles. The molecular weight excluding hydrogens is 351 g/mol. The van der Waals surface area contributed by atoms with E-state index < -0.39 is 21.8 Å². The second-order valence-electron chi connectivity index (χ2n) is 5.05. The van der Waals surface area contributed by atoms with E-state index in [9.17, 15) is 22.7 Å². The van der Waals surface area contributed by atoms with Crippen LogP contribution in [0, 0.1) is 5.82 Å². The first-order valence-electron chi connectivity index (χ1n) is 6.85. The summed E-state index contributed by atoms with van der Waals surface area (Å²) in [6.07, 6.45) is 0. The van der Waals surface area contributed by atoms with Gasteiger partial charge < -0.3 is 5.11 Å². The molecule has 25 heavy (non-hydrogen) atoms. The zero-order chi connectivity index (χ0) is 18.2. The minimum absolute atomic E-state index is 0.0989. The van der Waals surface area contributed by atoms with Gasteiger partial charge in [0, 0.05) is 5.56 Å². The smallest absolute Gasteiger partial charge is 0.358 e. The first kappa shape index (κ1) is 16.7. The maximum atomic E-state index is 13.1. The number of carboxylic acid groups (broad SMARTS) is 1. The third-order valence-electron chi connectivity index (χ3n) is 3.40. The normalized spacial score (nSPS) is 11.4. The average molecular weight is 362 g/mol. The standard InChI is InChI=1S/C15H11FN4O4S/c16-10-3-1-9(2-4-10)14-13(15(21)22)18-19-20(14)11-5-7-12(8-6-11)25(17,23)24/h1-8H,(H,21,22)(H2,17,23,24). The summed E-state index contributed by atoms with van der Waals surface area (Å²) in [7, 11) is -3.86. The lowest BCUT2D eigenvalue weighted by Gasteiger charge is -2.08. The van der Waals surface area contributed by atoms with Crippen LogP contribution in [-0.2, 0) is 10.0 Å². The third kappa shape index (κ3) is 3.25. The number of aromatic nitrogens is 3. The molecule has 1 heterocycles. The van der Waals surface area contributed by atoms with Gasteiger partial charge in [-0.3, -0.25) is 0 Å². The summed E-state index contributed by atoms with van der Waals surface area (Å²) in [5, 5.41) is 21.8. The Kier molecular flexibility index (Phi) is 4.07. The molecule has 0 saturated carbocycles. The van der Waals surface area contributed by atoms with Gasteiger partial charge in [-0.05, 0) is 48.5 Å². The first-order valence-corrected chi connectivity index (χ1v) is 8.40. The predicted molar refractivity (Wildman–Crippen MR) is 85.1 cm³/mol. The van der Waals surface area contributed by atoms with E-state index in [1.807, 2.05) is 0 Å². The zero-order valence-electron chi connectivity index (χ0n) is 12.5. The number of rotatable bonds is 4. The van der Waals surface area contributed by atoms with Crippen LogP contribution in [0.2, 0.25) is 0 Å². The summed E-state index contributed by atoms with van der Waals surface area (Å²) in [6.45, 7) is 0. The number of carboxylic acids is 1. The van der Waals surface area contributed by atoms with Crippen molar-refractivity contribution in [3.8, 4) is 16.9 Å². The van der Waals surface area contributed by atoms with Crippen molar-refractivity contribution in [2.45, 2.75) is 4.90 Å². The molecule has 0 aliphatic carbocycles. The molecule has 10 heteroatoms. The Hall–Kier alpha value is -3.11. The van der Waals surface area contributed by atoms with Crippen molar-refractivity contribution < 1.29 is 22.7 Å². The van der Waals surface area contributed by atoms with Crippen LogP contribution in [0.3, 0.4) is 0 Å². The summed E-state index contributed by atoms with van der Waals surface area (Å²) in [4.78, 5) is 11.3. The Morgan fingerprint density at radius 1 is 1.08 bits per heavy atom. The molecule has 0 aliphatic heterocycles. The lowest BCUT2D eigenvalue weighted by Crippen LogP contribution is -2.12. The number of hydrogen-bond acceptors (Lipinski definition) is 5. The minimum atomic E-state index is -3.86. The summed E-state index contributed by atoms with van der Waals surface area (Å²) in [5.41, 5.74) is 0.573. The molecule has 3 aromatic rings.